The summed E-state index contributed by atoms with van der Waals surface area (Å²) in [6, 6.07) is -0.972. The van der Waals surface area contributed by atoms with Crippen LogP contribution in [0.15, 0.2) is 0 Å². The normalized spacial score (nSPS) is 13.3. The molecule has 1 rings (SSSR count). The van der Waals surface area contributed by atoms with Gasteiger partial charge in [-0.2, -0.15) is 18.3 Å². The number of rotatable bonds is 6. The second-order valence-electron chi connectivity index (χ2n) is 4.63. The molecule has 0 bridgehead atoms. The first-order chi connectivity index (χ1) is 9.15. The molecular formula is C11H17F3N4O2. The Hall–Kier alpha value is -1.80. The minimum absolute atomic E-state index is 0.0334. The fourth-order valence-electron chi connectivity index (χ4n) is 1.94. The molecule has 20 heavy (non-hydrogen) atoms. The quantitative estimate of drug-likeness (QED) is 0.645. The molecule has 1 unspecified atom stereocenters. The Labute approximate surface area is 114 Å². The van der Waals surface area contributed by atoms with E-state index in [0.717, 1.165) is 0 Å². The van der Waals surface area contributed by atoms with E-state index in [9.17, 15) is 23.3 Å². The van der Waals surface area contributed by atoms with Gasteiger partial charge in [-0.3, -0.25) is 10.1 Å². The van der Waals surface area contributed by atoms with Crippen molar-refractivity contribution >= 4 is 11.5 Å². The van der Waals surface area contributed by atoms with Crippen LogP contribution in [0.25, 0.3) is 0 Å². The molecule has 6 nitrogen and oxygen atoms in total. The number of nitro groups is 1. The number of aryl methyl sites for hydroxylation is 2. The van der Waals surface area contributed by atoms with Gasteiger partial charge in [-0.1, -0.05) is 6.92 Å². The van der Waals surface area contributed by atoms with E-state index in [-0.39, 0.29) is 17.2 Å². The average molecular weight is 294 g/mol. The van der Waals surface area contributed by atoms with Crippen LogP contribution < -0.4 is 5.32 Å². The summed E-state index contributed by atoms with van der Waals surface area (Å²) in [4.78, 5) is 10.4. The molecular weight excluding hydrogens is 277 g/mol. The Bertz CT molecular complexity index is 485. The van der Waals surface area contributed by atoms with Crippen molar-refractivity contribution in [2.45, 2.75) is 52.4 Å². The summed E-state index contributed by atoms with van der Waals surface area (Å²) in [6.45, 7) is 5.04. The Morgan fingerprint density at radius 2 is 2.10 bits per heavy atom. The van der Waals surface area contributed by atoms with Gasteiger partial charge in [0.2, 0.25) is 5.82 Å². The van der Waals surface area contributed by atoms with Gasteiger partial charge < -0.3 is 5.32 Å². The van der Waals surface area contributed by atoms with E-state index in [4.69, 9.17) is 0 Å². The minimum Gasteiger partial charge on any atom is -0.362 e. The highest BCUT2D eigenvalue weighted by Crippen LogP contribution is 2.31. The van der Waals surface area contributed by atoms with Gasteiger partial charge in [0.15, 0.2) is 0 Å². The first-order valence-corrected chi connectivity index (χ1v) is 6.20. The molecule has 1 heterocycles. The summed E-state index contributed by atoms with van der Waals surface area (Å²) < 4.78 is 38.3. The van der Waals surface area contributed by atoms with E-state index in [2.05, 4.69) is 10.4 Å². The van der Waals surface area contributed by atoms with Crippen molar-refractivity contribution in [2.24, 2.45) is 0 Å². The zero-order valence-corrected chi connectivity index (χ0v) is 11.5. The molecule has 0 aliphatic carbocycles. The molecule has 1 atom stereocenters. The van der Waals surface area contributed by atoms with Crippen molar-refractivity contribution in [3.63, 3.8) is 0 Å². The third kappa shape index (κ3) is 4.10. The predicted octanol–water partition coefficient (Wildman–Crippen LogP) is 3.26. The van der Waals surface area contributed by atoms with E-state index in [0.29, 0.717) is 13.0 Å². The highest BCUT2D eigenvalue weighted by Gasteiger charge is 2.32. The van der Waals surface area contributed by atoms with Crippen LogP contribution in [0.1, 0.15) is 32.4 Å². The molecule has 0 saturated heterocycles. The molecule has 1 aromatic rings. The lowest BCUT2D eigenvalue weighted by Gasteiger charge is -2.17. The average Bonchev–Trinajstić information content (AvgIpc) is 2.52. The summed E-state index contributed by atoms with van der Waals surface area (Å²) in [7, 11) is 0. The molecule has 0 saturated carbocycles. The van der Waals surface area contributed by atoms with Gasteiger partial charge in [0, 0.05) is 12.6 Å². The number of hydrogen-bond donors (Lipinski definition) is 1. The Morgan fingerprint density at radius 3 is 2.55 bits per heavy atom. The number of alkyl halides is 3. The van der Waals surface area contributed by atoms with Gasteiger partial charge in [-0.25, -0.2) is 4.68 Å². The van der Waals surface area contributed by atoms with Gasteiger partial charge in [0.05, 0.1) is 11.3 Å². The highest BCUT2D eigenvalue weighted by molar-refractivity contribution is 5.60. The number of halogens is 3. The van der Waals surface area contributed by atoms with Crippen molar-refractivity contribution in [3.05, 3.63) is 15.8 Å². The molecule has 114 valence electrons. The van der Waals surface area contributed by atoms with Crippen LogP contribution in [-0.4, -0.2) is 26.9 Å². The first kappa shape index (κ1) is 16.3. The SMILES string of the molecule is CCCn1nc(C)c([N+](=O)[O-])c1NC(C)CC(F)(F)F. The van der Waals surface area contributed by atoms with E-state index in [1.807, 2.05) is 6.92 Å². The maximum Gasteiger partial charge on any atom is 0.391 e. The van der Waals surface area contributed by atoms with Gasteiger partial charge in [0.25, 0.3) is 0 Å². The van der Waals surface area contributed by atoms with E-state index in [1.54, 1.807) is 0 Å². The minimum atomic E-state index is -4.33. The Kier molecular flexibility index (Phi) is 4.96. The number of nitrogens with one attached hydrogen (secondary N) is 1. The second-order valence-corrected chi connectivity index (χ2v) is 4.63. The number of anilines is 1. The molecule has 0 amide bonds. The van der Waals surface area contributed by atoms with Crippen LogP contribution in [0.2, 0.25) is 0 Å². The molecule has 0 aliphatic heterocycles. The van der Waals surface area contributed by atoms with Crippen LogP contribution in [0.3, 0.4) is 0 Å². The predicted molar refractivity (Wildman–Crippen MR) is 67.7 cm³/mol. The van der Waals surface area contributed by atoms with Gasteiger partial charge in [-0.05, 0) is 20.3 Å². The molecule has 0 spiro atoms. The van der Waals surface area contributed by atoms with Gasteiger partial charge in [0.1, 0.15) is 5.69 Å². The van der Waals surface area contributed by atoms with Crippen molar-refractivity contribution < 1.29 is 18.1 Å². The lowest BCUT2D eigenvalue weighted by Crippen LogP contribution is -2.25. The maximum atomic E-state index is 12.3. The first-order valence-electron chi connectivity index (χ1n) is 6.20. The smallest absolute Gasteiger partial charge is 0.362 e. The van der Waals surface area contributed by atoms with Crippen molar-refractivity contribution in [1.82, 2.24) is 9.78 Å². The van der Waals surface area contributed by atoms with Crippen LogP contribution in [0, 0.1) is 17.0 Å². The van der Waals surface area contributed by atoms with Gasteiger partial charge in [-0.15, -0.1) is 0 Å². The molecule has 1 N–H and O–H groups in total. The summed E-state index contributed by atoms with van der Waals surface area (Å²) in [5.41, 5.74) is -0.0855. The molecule has 0 aromatic carbocycles. The van der Waals surface area contributed by atoms with E-state index in [1.165, 1.54) is 18.5 Å². The fourth-order valence-corrected chi connectivity index (χ4v) is 1.94. The van der Waals surface area contributed by atoms with Crippen molar-refractivity contribution in [3.8, 4) is 0 Å². The molecule has 0 fully saturated rings. The van der Waals surface area contributed by atoms with Crippen LogP contribution >= 0.6 is 0 Å². The van der Waals surface area contributed by atoms with Crippen molar-refractivity contribution in [1.29, 1.82) is 0 Å². The molecule has 9 heteroatoms. The summed E-state index contributed by atoms with van der Waals surface area (Å²) >= 11 is 0. The van der Waals surface area contributed by atoms with Crippen LogP contribution in [-0.2, 0) is 6.54 Å². The van der Waals surface area contributed by atoms with Gasteiger partial charge >= 0.3 is 11.9 Å². The van der Waals surface area contributed by atoms with E-state index < -0.39 is 23.6 Å². The monoisotopic (exact) mass is 294 g/mol. The zero-order chi connectivity index (χ0) is 15.5. The summed E-state index contributed by atoms with van der Waals surface area (Å²) in [5, 5.41) is 17.6. The molecule has 0 radical (unpaired) electrons. The lowest BCUT2D eigenvalue weighted by atomic mass is 10.2. The highest BCUT2D eigenvalue weighted by atomic mass is 19.4. The fraction of sp³-hybridized carbons (Fsp3) is 0.727. The van der Waals surface area contributed by atoms with Crippen LogP contribution in [0.4, 0.5) is 24.7 Å². The lowest BCUT2D eigenvalue weighted by molar-refractivity contribution is -0.384. The second kappa shape index (κ2) is 6.10. The summed E-state index contributed by atoms with van der Waals surface area (Å²) in [5.74, 6) is 0.0334. The molecule has 0 aliphatic rings. The Balaban J connectivity index is 3.05. The number of hydrogen-bond acceptors (Lipinski definition) is 4. The largest absolute Gasteiger partial charge is 0.391 e. The number of nitrogens with zero attached hydrogens (tertiary/aromatic N) is 3. The van der Waals surface area contributed by atoms with E-state index >= 15 is 0 Å². The standard InChI is InChI=1S/C11H17F3N4O2/c1-4-5-17-10(9(18(19)20)8(3)16-17)15-7(2)6-11(12,13)14/h7,15H,4-6H2,1-3H3. The van der Waals surface area contributed by atoms with Crippen LogP contribution in [0.5, 0.6) is 0 Å². The third-order valence-corrected chi connectivity index (χ3v) is 2.63. The summed E-state index contributed by atoms with van der Waals surface area (Å²) in [6.07, 6.45) is -4.73. The third-order valence-electron chi connectivity index (χ3n) is 2.63. The zero-order valence-electron chi connectivity index (χ0n) is 11.5. The molecule has 1 aromatic heterocycles. The Morgan fingerprint density at radius 1 is 1.50 bits per heavy atom. The maximum absolute atomic E-state index is 12.3. The topological polar surface area (TPSA) is 73.0 Å². The van der Waals surface area contributed by atoms with Crippen molar-refractivity contribution in [2.75, 3.05) is 5.32 Å². The number of aromatic nitrogens is 2.